The lowest BCUT2D eigenvalue weighted by molar-refractivity contribution is 0.292. The molecule has 0 aliphatic heterocycles. The van der Waals surface area contributed by atoms with Gasteiger partial charge >= 0.3 is 0 Å². The van der Waals surface area contributed by atoms with E-state index in [1.165, 1.54) is 0 Å². The van der Waals surface area contributed by atoms with Crippen LogP contribution in [0.25, 0.3) is 0 Å². The largest absolute Gasteiger partial charge is 0.447 e. The Morgan fingerprint density at radius 2 is 2.13 bits per heavy atom. The fourth-order valence-corrected chi connectivity index (χ4v) is 1.60. The standard InChI is InChI=1S/C14H22O/c1-6-9-14(7-2,12-13(4)5)10-11-15-8-3/h6H,1,4,7-9,12H2,2-3,5H3. The summed E-state index contributed by atoms with van der Waals surface area (Å²) in [5.74, 6) is 3.21. The SMILES string of the molecule is C=CCC(C#COCC)(CC)CC(=C)C. The van der Waals surface area contributed by atoms with Crippen LogP contribution in [0.5, 0.6) is 0 Å². The number of ether oxygens (including phenoxy) is 1. The quantitative estimate of drug-likeness (QED) is 0.473. The Morgan fingerprint density at radius 3 is 2.53 bits per heavy atom. The molecule has 0 aromatic rings. The van der Waals surface area contributed by atoms with Gasteiger partial charge in [-0.2, -0.15) is 0 Å². The van der Waals surface area contributed by atoms with Crippen LogP contribution in [0, 0.1) is 17.4 Å². The number of hydrogen-bond donors (Lipinski definition) is 0. The van der Waals surface area contributed by atoms with Gasteiger partial charge in [-0.15, -0.1) is 13.2 Å². The molecule has 1 atom stereocenters. The molecule has 84 valence electrons. The van der Waals surface area contributed by atoms with E-state index in [1.54, 1.807) is 0 Å². The maximum atomic E-state index is 5.09. The minimum Gasteiger partial charge on any atom is -0.447 e. The minimum absolute atomic E-state index is 0.0389. The summed E-state index contributed by atoms with van der Waals surface area (Å²) in [6.45, 7) is 14.5. The molecule has 0 rings (SSSR count). The third-order valence-electron chi connectivity index (χ3n) is 2.38. The molecular formula is C14H22O. The predicted molar refractivity (Wildman–Crippen MR) is 66.4 cm³/mol. The Labute approximate surface area is 94.2 Å². The molecule has 0 bridgehead atoms. The lowest BCUT2D eigenvalue weighted by Gasteiger charge is -2.25. The van der Waals surface area contributed by atoms with E-state index in [0.29, 0.717) is 6.61 Å². The van der Waals surface area contributed by atoms with Gasteiger partial charge in [0.25, 0.3) is 0 Å². The third kappa shape index (κ3) is 5.32. The first kappa shape index (κ1) is 13.8. The Morgan fingerprint density at radius 1 is 1.47 bits per heavy atom. The van der Waals surface area contributed by atoms with Crippen LogP contribution in [0.15, 0.2) is 24.8 Å². The van der Waals surface area contributed by atoms with E-state index in [2.05, 4.69) is 32.1 Å². The van der Waals surface area contributed by atoms with Crippen molar-refractivity contribution in [2.75, 3.05) is 6.61 Å². The Kier molecular flexibility index (Phi) is 6.62. The zero-order valence-electron chi connectivity index (χ0n) is 10.2. The first-order valence-electron chi connectivity index (χ1n) is 5.49. The molecule has 0 amide bonds. The number of allylic oxidation sites excluding steroid dienone is 2. The van der Waals surface area contributed by atoms with Crippen LogP contribution in [0.4, 0.5) is 0 Å². The second kappa shape index (κ2) is 7.17. The third-order valence-corrected chi connectivity index (χ3v) is 2.38. The fraction of sp³-hybridized carbons (Fsp3) is 0.571. The lowest BCUT2D eigenvalue weighted by Crippen LogP contribution is -2.17. The van der Waals surface area contributed by atoms with Crippen molar-refractivity contribution in [2.24, 2.45) is 5.41 Å². The van der Waals surface area contributed by atoms with Gasteiger partial charge in [0.2, 0.25) is 0 Å². The van der Waals surface area contributed by atoms with Crippen LogP contribution in [-0.4, -0.2) is 6.61 Å². The second-order valence-corrected chi connectivity index (χ2v) is 3.92. The summed E-state index contributed by atoms with van der Waals surface area (Å²) in [6, 6.07) is 0. The van der Waals surface area contributed by atoms with Crippen molar-refractivity contribution in [1.29, 1.82) is 0 Å². The molecule has 0 aromatic heterocycles. The van der Waals surface area contributed by atoms with Crippen LogP contribution in [-0.2, 0) is 4.74 Å². The molecule has 0 saturated heterocycles. The van der Waals surface area contributed by atoms with Crippen molar-refractivity contribution < 1.29 is 4.74 Å². The molecule has 0 radical (unpaired) electrons. The van der Waals surface area contributed by atoms with Crippen LogP contribution in [0.2, 0.25) is 0 Å². The average molecular weight is 206 g/mol. The minimum atomic E-state index is -0.0389. The molecule has 0 saturated carbocycles. The van der Waals surface area contributed by atoms with Crippen molar-refractivity contribution in [2.45, 2.75) is 40.0 Å². The van der Waals surface area contributed by atoms with Crippen molar-refractivity contribution in [3.05, 3.63) is 24.8 Å². The zero-order valence-corrected chi connectivity index (χ0v) is 10.2. The highest BCUT2D eigenvalue weighted by Gasteiger charge is 2.24. The average Bonchev–Trinajstić information content (AvgIpc) is 2.17. The fourth-order valence-electron chi connectivity index (χ4n) is 1.60. The topological polar surface area (TPSA) is 9.23 Å². The van der Waals surface area contributed by atoms with Gasteiger partial charge in [-0.3, -0.25) is 0 Å². The molecule has 0 heterocycles. The van der Waals surface area contributed by atoms with E-state index < -0.39 is 0 Å². The highest BCUT2D eigenvalue weighted by Crippen LogP contribution is 2.33. The first-order valence-corrected chi connectivity index (χ1v) is 5.49. The summed E-state index contributed by atoms with van der Waals surface area (Å²) in [6.07, 6.45) is 7.49. The summed E-state index contributed by atoms with van der Waals surface area (Å²) in [4.78, 5) is 0. The second-order valence-electron chi connectivity index (χ2n) is 3.92. The van der Waals surface area contributed by atoms with Crippen LogP contribution in [0.1, 0.15) is 40.0 Å². The molecule has 15 heavy (non-hydrogen) atoms. The van der Waals surface area contributed by atoms with Crippen LogP contribution in [0.3, 0.4) is 0 Å². The van der Waals surface area contributed by atoms with E-state index in [-0.39, 0.29) is 5.41 Å². The van der Waals surface area contributed by atoms with Gasteiger partial charge in [0, 0.05) is 5.41 Å². The summed E-state index contributed by atoms with van der Waals surface area (Å²) in [5, 5.41) is 0. The number of rotatable bonds is 6. The normalized spacial score (nSPS) is 13.3. The molecule has 1 heteroatoms. The van der Waals surface area contributed by atoms with Gasteiger partial charge in [-0.05, 0) is 33.1 Å². The van der Waals surface area contributed by atoms with Gasteiger partial charge in [0.1, 0.15) is 6.11 Å². The van der Waals surface area contributed by atoms with Crippen molar-refractivity contribution >= 4 is 0 Å². The molecule has 0 spiro atoms. The molecule has 0 N–H and O–H groups in total. The van der Waals surface area contributed by atoms with Crippen molar-refractivity contribution in [1.82, 2.24) is 0 Å². The highest BCUT2D eigenvalue weighted by molar-refractivity contribution is 5.15. The maximum absolute atomic E-state index is 5.09. The Hall–Kier alpha value is -1.16. The van der Waals surface area contributed by atoms with E-state index in [4.69, 9.17) is 4.74 Å². The Bertz CT molecular complexity index is 267. The molecule has 0 aromatic carbocycles. The van der Waals surface area contributed by atoms with Gasteiger partial charge in [0.15, 0.2) is 0 Å². The predicted octanol–water partition coefficient (Wildman–Crippen LogP) is 3.92. The summed E-state index contributed by atoms with van der Waals surface area (Å²) < 4.78 is 5.09. The van der Waals surface area contributed by atoms with E-state index in [9.17, 15) is 0 Å². The van der Waals surface area contributed by atoms with Crippen molar-refractivity contribution in [3.8, 4) is 12.0 Å². The lowest BCUT2D eigenvalue weighted by atomic mass is 9.77. The highest BCUT2D eigenvalue weighted by atomic mass is 16.5. The van der Waals surface area contributed by atoms with Gasteiger partial charge in [0.05, 0.1) is 6.61 Å². The summed E-state index contributed by atoms with van der Waals surface area (Å²) in [7, 11) is 0. The monoisotopic (exact) mass is 206 g/mol. The van der Waals surface area contributed by atoms with Crippen LogP contribution >= 0.6 is 0 Å². The smallest absolute Gasteiger partial charge is 0.110 e. The molecule has 0 aliphatic carbocycles. The van der Waals surface area contributed by atoms with Crippen LogP contribution < -0.4 is 0 Å². The molecule has 0 aliphatic rings. The van der Waals surface area contributed by atoms with Crippen molar-refractivity contribution in [3.63, 3.8) is 0 Å². The van der Waals surface area contributed by atoms with Gasteiger partial charge in [-0.25, -0.2) is 0 Å². The van der Waals surface area contributed by atoms with E-state index in [0.717, 1.165) is 24.8 Å². The summed E-state index contributed by atoms with van der Waals surface area (Å²) >= 11 is 0. The molecule has 0 fully saturated rings. The Balaban J connectivity index is 4.73. The van der Waals surface area contributed by atoms with E-state index >= 15 is 0 Å². The number of hydrogen-bond acceptors (Lipinski definition) is 1. The molecule has 1 unspecified atom stereocenters. The first-order chi connectivity index (χ1) is 7.10. The maximum Gasteiger partial charge on any atom is 0.110 e. The van der Waals surface area contributed by atoms with E-state index in [1.807, 2.05) is 19.9 Å². The molecular weight excluding hydrogens is 184 g/mol. The zero-order chi connectivity index (χ0) is 11.7. The van der Waals surface area contributed by atoms with Gasteiger partial charge < -0.3 is 4.74 Å². The summed E-state index contributed by atoms with van der Waals surface area (Å²) in [5.41, 5.74) is 1.12. The molecule has 1 nitrogen and oxygen atoms in total. The van der Waals surface area contributed by atoms with Gasteiger partial charge in [-0.1, -0.05) is 24.5 Å².